The van der Waals surface area contributed by atoms with Gasteiger partial charge in [0, 0.05) is 11.2 Å². The lowest BCUT2D eigenvalue weighted by Gasteiger charge is -2.08. The molecule has 1 aromatic carbocycles. The van der Waals surface area contributed by atoms with Crippen LogP contribution in [0.4, 0.5) is 4.39 Å². The van der Waals surface area contributed by atoms with Crippen LogP contribution in [0.1, 0.15) is 8.30 Å². The zero-order valence-corrected chi connectivity index (χ0v) is 9.62. The molecular weight excluding hydrogens is 209 g/mol. The van der Waals surface area contributed by atoms with Crippen molar-refractivity contribution in [2.75, 3.05) is 20.6 Å². The molecule has 0 amide bonds. The number of fused-ring (bicyclic) bond motifs is 1. The monoisotopic (exact) mass is 225 g/mol. The molecule has 1 heterocycles. The molecule has 0 radical (unpaired) electrons. The van der Waals surface area contributed by atoms with Gasteiger partial charge in [0.05, 0.1) is 2.74 Å². The predicted octanol–water partition coefficient (Wildman–Crippen LogP) is 3.14. The van der Waals surface area contributed by atoms with Gasteiger partial charge in [-0.15, -0.1) is 11.3 Å². The first kappa shape index (κ1) is 8.25. The number of halogens is 1. The first-order chi connectivity index (χ1) is 7.99. The maximum Gasteiger partial charge on any atom is 0.124 e. The quantitative estimate of drug-likeness (QED) is 0.775. The summed E-state index contributed by atoms with van der Waals surface area (Å²) in [6, 6.07) is 2.81. The average Bonchev–Trinajstić information content (AvgIpc) is 2.51. The second-order valence-corrected chi connectivity index (χ2v) is 4.64. The average molecular weight is 225 g/mol. The van der Waals surface area contributed by atoms with Gasteiger partial charge in [0.25, 0.3) is 0 Å². The molecule has 1 nitrogen and oxygen atoms in total. The molecule has 0 aliphatic carbocycles. The number of hydrogen-bond acceptors (Lipinski definition) is 2. The third kappa shape index (κ3) is 2.36. The van der Waals surface area contributed by atoms with E-state index in [4.69, 9.17) is 2.74 Å². The van der Waals surface area contributed by atoms with Gasteiger partial charge in [-0.3, -0.25) is 0 Å². The number of rotatable bonds is 3. The molecule has 1 aromatic heterocycles. The lowest BCUT2D eigenvalue weighted by atomic mass is 10.1. The van der Waals surface area contributed by atoms with E-state index < -0.39 is 5.82 Å². The summed E-state index contributed by atoms with van der Waals surface area (Å²) in [4.78, 5) is 2.04. The molecule has 0 fully saturated rings. The van der Waals surface area contributed by atoms with Crippen molar-refractivity contribution >= 4 is 21.4 Å². The predicted molar refractivity (Wildman–Crippen MR) is 64.0 cm³/mol. The van der Waals surface area contributed by atoms with Gasteiger partial charge >= 0.3 is 0 Å². The molecule has 0 saturated carbocycles. The highest BCUT2D eigenvalue weighted by atomic mass is 32.1. The van der Waals surface area contributed by atoms with E-state index in [0.717, 1.165) is 23.9 Å². The number of benzene rings is 1. The second kappa shape index (κ2) is 4.29. The van der Waals surface area contributed by atoms with Crippen molar-refractivity contribution in [3.05, 3.63) is 34.9 Å². The Morgan fingerprint density at radius 1 is 1.53 bits per heavy atom. The van der Waals surface area contributed by atoms with Crippen molar-refractivity contribution in [2.24, 2.45) is 0 Å². The normalized spacial score (nSPS) is 13.3. The summed E-state index contributed by atoms with van der Waals surface area (Å²) >= 11 is 1.25. The van der Waals surface area contributed by atoms with Gasteiger partial charge in [-0.05, 0) is 49.0 Å². The van der Waals surface area contributed by atoms with Crippen LogP contribution in [-0.4, -0.2) is 25.5 Å². The number of thiophene rings is 1. The van der Waals surface area contributed by atoms with E-state index in [1.165, 1.54) is 23.5 Å². The third-order valence-electron chi connectivity index (χ3n) is 2.26. The van der Waals surface area contributed by atoms with Gasteiger partial charge in [-0.25, -0.2) is 4.39 Å². The van der Waals surface area contributed by atoms with E-state index in [0.29, 0.717) is 10.1 Å². The summed E-state index contributed by atoms with van der Waals surface area (Å²) in [5.74, 6) is -0.400. The minimum atomic E-state index is -0.400. The maximum absolute atomic E-state index is 13.2. The number of nitrogens with zero attached hydrogens (tertiary/aromatic N) is 1. The van der Waals surface area contributed by atoms with Crippen LogP contribution in [0, 0.1) is 5.82 Å². The summed E-state index contributed by atoms with van der Waals surface area (Å²) in [5, 5.41) is 1.18. The van der Waals surface area contributed by atoms with Crippen molar-refractivity contribution in [2.45, 2.75) is 6.42 Å². The SMILES string of the molecule is [2H]c1sc2cc(F)cc([2H])c2c1CCN(C)C. The van der Waals surface area contributed by atoms with Crippen molar-refractivity contribution < 1.29 is 7.13 Å². The molecule has 15 heavy (non-hydrogen) atoms. The Morgan fingerprint density at radius 2 is 2.33 bits per heavy atom. The van der Waals surface area contributed by atoms with E-state index in [9.17, 15) is 4.39 Å². The van der Waals surface area contributed by atoms with Crippen molar-refractivity contribution in [3.63, 3.8) is 0 Å². The fraction of sp³-hybridized carbons (Fsp3) is 0.333. The maximum atomic E-state index is 13.2. The largest absolute Gasteiger partial charge is 0.309 e. The minimum absolute atomic E-state index is 0.184. The van der Waals surface area contributed by atoms with E-state index in [1.807, 2.05) is 19.0 Å². The number of hydrogen-bond donors (Lipinski definition) is 0. The van der Waals surface area contributed by atoms with E-state index in [1.54, 1.807) is 0 Å². The molecule has 2 aromatic rings. The number of likely N-dealkylation sites (N-methyl/N-ethyl adjacent to an activating group) is 1. The summed E-state index contributed by atoms with van der Waals surface area (Å²) < 4.78 is 29.6. The first-order valence-corrected chi connectivity index (χ1v) is 5.63. The molecule has 0 spiro atoms. The Bertz CT molecular complexity index is 551. The van der Waals surface area contributed by atoms with Gasteiger partial charge in [-0.2, -0.15) is 0 Å². The molecule has 0 unspecified atom stereocenters. The fourth-order valence-electron chi connectivity index (χ4n) is 1.45. The van der Waals surface area contributed by atoms with E-state index >= 15 is 0 Å². The standard InChI is InChI=1S/C12H14FNS/c1-14(2)6-5-9-8-15-12-7-10(13)3-4-11(9)12/h3-4,7-8H,5-6H2,1-2H3/i4D,8D. The lowest BCUT2D eigenvalue weighted by Crippen LogP contribution is -2.14. The summed E-state index contributed by atoms with van der Waals surface area (Å²) in [6.07, 6.45) is 0.726. The smallest absolute Gasteiger partial charge is 0.124 e. The zero-order chi connectivity index (χ0) is 12.6. The zero-order valence-electron chi connectivity index (χ0n) is 10.8. The summed E-state index contributed by atoms with van der Waals surface area (Å²) in [6.45, 7) is 0.828. The van der Waals surface area contributed by atoms with Crippen LogP contribution in [0.2, 0.25) is 0 Å². The van der Waals surface area contributed by atoms with Crippen LogP contribution in [0.5, 0.6) is 0 Å². The molecule has 0 atom stereocenters. The Hall–Kier alpha value is -0.930. The van der Waals surface area contributed by atoms with Crippen LogP contribution < -0.4 is 0 Å². The highest BCUT2D eigenvalue weighted by Crippen LogP contribution is 2.26. The minimum Gasteiger partial charge on any atom is -0.309 e. The first-order valence-electron chi connectivity index (χ1n) is 5.82. The Morgan fingerprint density at radius 3 is 3.07 bits per heavy atom. The lowest BCUT2D eigenvalue weighted by molar-refractivity contribution is 0.414. The molecule has 0 aliphatic rings. The molecule has 0 saturated heterocycles. The van der Waals surface area contributed by atoms with Crippen LogP contribution >= 0.6 is 11.3 Å². The summed E-state index contributed by atoms with van der Waals surface area (Å²) in [5.41, 5.74) is 0.865. The Labute approximate surface area is 95.9 Å². The van der Waals surface area contributed by atoms with Crippen LogP contribution in [0.3, 0.4) is 0 Å². The van der Waals surface area contributed by atoms with Gasteiger partial charge in [0.15, 0.2) is 0 Å². The fourth-order valence-corrected chi connectivity index (χ4v) is 2.34. The van der Waals surface area contributed by atoms with Crippen LogP contribution in [0.15, 0.2) is 23.5 Å². The highest BCUT2D eigenvalue weighted by molar-refractivity contribution is 7.17. The van der Waals surface area contributed by atoms with Gasteiger partial charge in [-0.1, -0.05) is 6.04 Å². The van der Waals surface area contributed by atoms with E-state index in [2.05, 4.69) is 0 Å². The second-order valence-electron chi connectivity index (χ2n) is 3.79. The summed E-state index contributed by atoms with van der Waals surface area (Å²) in [7, 11) is 3.94. The molecule has 80 valence electrons. The van der Waals surface area contributed by atoms with Gasteiger partial charge in [0.1, 0.15) is 5.82 Å². The molecule has 3 heteroatoms. The molecular formula is C12H14FNS. The van der Waals surface area contributed by atoms with Gasteiger partial charge in [0.2, 0.25) is 0 Å². The van der Waals surface area contributed by atoms with Gasteiger partial charge < -0.3 is 4.90 Å². The molecule has 2 rings (SSSR count). The Balaban J connectivity index is 2.51. The van der Waals surface area contributed by atoms with E-state index in [-0.39, 0.29) is 6.04 Å². The third-order valence-corrected chi connectivity index (χ3v) is 3.16. The van der Waals surface area contributed by atoms with Crippen molar-refractivity contribution in [1.82, 2.24) is 4.90 Å². The van der Waals surface area contributed by atoms with Crippen molar-refractivity contribution in [3.8, 4) is 0 Å². The van der Waals surface area contributed by atoms with Crippen molar-refractivity contribution in [1.29, 1.82) is 0 Å². The van der Waals surface area contributed by atoms with Crippen LogP contribution in [-0.2, 0) is 6.42 Å². The topological polar surface area (TPSA) is 3.24 Å². The molecule has 0 N–H and O–H groups in total. The molecule has 0 aliphatic heterocycles. The Kier molecular flexibility index (Phi) is 2.36. The molecule has 0 bridgehead atoms. The highest BCUT2D eigenvalue weighted by Gasteiger charge is 2.05. The van der Waals surface area contributed by atoms with Crippen LogP contribution in [0.25, 0.3) is 10.1 Å².